The number of primary amides is 1. The Labute approximate surface area is 181 Å². The van der Waals surface area contributed by atoms with Gasteiger partial charge in [0.05, 0.1) is 19.7 Å². The number of unbranched alkanes of at least 4 members (excludes halogenated alkanes) is 1. The molecule has 1 aromatic heterocycles. The zero-order valence-electron chi connectivity index (χ0n) is 18.4. The molecule has 0 atom stereocenters. The molecule has 0 bridgehead atoms. The van der Waals surface area contributed by atoms with Gasteiger partial charge in [0.15, 0.2) is 5.69 Å². The summed E-state index contributed by atoms with van der Waals surface area (Å²) in [5.41, 5.74) is 10.3. The number of amides is 2. The summed E-state index contributed by atoms with van der Waals surface area (Å²) in [4.78, 5) is 55.2. The molecule has 11 nitrogen and oxygen atoms in total. The Morgan fingerprint density at radius 3 is 2.48 bits per heavy atom. The Morgan fingerprint density at radius 1 is 1.23 bits per heavy atom. The second-order valence-corrected chi connectivity index (χ2v) is 7.87. The van der Waals surface area contributed by atoms with Crippen molar-refractivity contribution in [2.24, 2.45) is 5.73 Å². The Bertz CT molecular complexity index is 874. The third-order valence-electron chi connectivity index (χ3n) is 5.50. The summed E-state index contributed by atoms with van der Waals surface area (Å²) in [5.74, 6) is -0.954. The number of nitrogens with two attached hydrogens (primary N) is 2. The second kappa shape index (κ2) is 11.7. The van der Waals surface area contributed by atoms with Crippen molar-refractivity contribution in [3.05, 3.63) is 20.8 Å². The predicted molar refractivity (Wildman–Crippen MR) is 118 cm³/mol. The first-order valence-corrected chi connectivity index (χ1v) is 10.7. The van der Waals surface area contributed by atoms with Crippen LogP contribution in [0.1, 0.15) is 45.4 Å². The number of aromatic amines is 1. The highest BCUT2D eigenvalue weighted by Crippen LogP contribution is 2.29. The average molecular weight is 439 g/mol. The molecule has 174 valence electrons. The molecule has 1 fully saturated rings. The van der Waals surface area contributed by atoms with Crippen molar-refractivity contribution in [2.45, 2.75) is 58.0 Å². The molecule has 1 aliphatic rings. The van der Waals surface area contributed by atoms with Crippen LogP contribution in [-0.4, -0.2) is 65.7 Å². The van der Waals surface area contributed by atoms with Gasteiger partial charge < -0.3 is 21.1 Å². The van der Waals surface area contributed by atoms with Crippen molar-refractivity contribution >= 4 is 23.3 Å². The van der Waals surface area contributed by atoms with E-state index >= 15 is 0 Å². The number of hydrogen-bond donors (Lipinski definition) is 3. The smallest absolute Gasteiger partial charge is 0.330 e. The Hall–Kier alpha value is -2.66. The largest absolute Gasteiger partial charge is 0.383 e. The lowest BCUT2D eigenvalue weighted by molar-refractivity contribution is -0.122. The van der Waals surface area contributed by atoms with E-state index in [1.807, 2.05) is 6.92 Å². The van der Waals surface area contributed by atoms with E-state index in [1.54, 1.807) is 4.90 Å². The fourth-order valence-electron chi connectivity index (χ4n) is 3.94. The summed E-state index contributed by atoms with van der Waals surface area (Å²) in [6.07, 6.45) is 4.86. The lowest BCUT2D eigenvalue weighted by Crippen LogP contribution is -2.50. The number of aromatic nitrogens is 2. The monoisotopic (exact) mass is 438 g/mol. The number of H-pyrrole nitrogens is 1. The minimum Gasteiger partial charge on any atom is -0.383 e. The zero-order chi connectivity index (χ0) is 23.0. The van der Waals surface area contributed by atoms with Crippen molar-refractivity contribution in [1.82, 2.24) is 14.5 Å². The van der Waals surface area contributed by atoms with Gasteiger partial charge in [-0.25, -0.2) is 4.79 Å². The number of rotatable bonds is 12. The van der Waals surface area contributed by atoms with Gasteiger partial charge in [-0.05, 0) is 19.3 Å². The first kappa shape index (κ1) is 24.6. The zero-order valence-corrected chi connectivity index (χ0v) is 18.4. The molecule has 1 aromatic rings. The number of carbonyl (C=O) groups excluding carboxylic acids is 2. The highest BCUT2D eigenvalue weighted by molar-refractivity contribution is 5.97. The number of carbonyl (C=O) groups is 2. The molecule has 2 rings (SSSR count). The van der Waals surface area contributed by atoms with Crippen molar-refractivity contribution in [2.75, 3.05) is 44.0 Å². The molecule has 31 heavy (non-hydrogen) atoms. The Morgan fingerprint density at radius 2 is 1.90 bits per heavy atom. The number of methoxy groups -OCH3 is 1. The summed E-state index contributed by atoms with van der Waals surface area (Å²) in [7, 11) is 1.52. The fourth-order valence-corrected chi connectivity index (χ4v) is 3.94. The van der Waals surface area contributed by atoms with Crippen molar-refractivity contribution in [3.8, 4) is 0 Å². The molecule has 0 radical (unpaired) electrons. The molecule has 1 aliphatic carbocycles. The van der Waals surface area contributed by atoms with E-state index in [2.05, 4.69) is 4.98 Å². The van der Waals surface area contributed by atoms with Crippen LogP contribution in [0.25, 0.3) is 0 Å². The van der Waals surface area contributed by atoms with Gasteiger partial charge in [-0.1, -0.05) is 26.2 Å². The number of anilines is 2. The molecular formula is C20H34N6O5. The summed E-state index contributed by atoms with van der Waals surface area (Å²) in [6, 6.07) is -0.203. The number of hydrogen-bond acceptors (Lipinski definition) is 7. The number of nitrogens with zero attached hydrogens (tertiary/aromatic N) is 3. The van der Waals surface area contributed by atoms with E-state index in [1.165, 1.54) is 16.6 Å². The Balaban J connectivity index is 2.44. The van der Waals surface area contributed by atoms with Crippen LogP contribution < -0.4 is 27.6 Å². The summed E-state index contributed by atoms with van der Waals surface area (Å²) >= 11 is 0. The standard InChI is InChI=1S/C20H34N6O5/c1-3-4-9-25-18(22)17(19(29)23-20(25)30)26(14-7-5-6-8-14)16(28)13-24(10-11-31-2)12-15(21)27/h14H,3-13,22H2,1-2H3,(H2,21,27)(H,23,29,30). The van der Waals surface area contributed by atoms with E-state index in [4.69, 9.17) is 16.2 Å². The van der Waals surface area contributed by atoms with Crippen LogP contribution in [0.2, 0.25) is 0 Å². The van der Waals surface area contributed by atoms with Crippen molar-refractivity contribution in [1.29, 1.82) is 0 Å². The molecule has 1 saturated carbocycles. The van der Waals surface area contributed by atoms with Crippen molar-refractivity contribution < 1.29 is 14.3 Å². The van der Waals surface area contributed by atoms with Crippen LogP contribution in [0, 0.1) is 0 Å². The maximum atomic E-state index is 13.4. The third kappa shape index (κ3) is 6.41. The van der Waals surface area contributed by atoms with Crippen molar-refractivity contribution in [3.63, 3.8) is 0 Å². The van der Waals surface area contributed by atoms with E-state index < -0.39 is 17.2 Å². The SMILES string of the molecule is CCCCn1c(N)c(N(C(=O)CN(CCOC)CC(N)=O)C2CCCC2)c(=O)[nH]c1=O. The molecule has 0 unspecified atom stereocenters. The first-order valence-electron chi connectivity index (χ1n) is 10.7. The van der Waals surface area contributed by atoms with E-state index in [-0.39, 0.29) is 36.5 Å². The molecule has 0 aliphatic heterocycles. The number of nitrogen functional groups attached to an aromatic ring is 1. The van der Waals surface area contributed by atoms with Crippen LogP contribution in [0.15, 0.2) is 9.59 Å². The van der Waals surface area contributed by atoms with Gasteiger partial charge in [0.1, 0.15) is 5.82 Å². The Kier molecular flexibility index (Phi) is 9.25. The van der Waals surface area contributed by atoms with Crippen LogP contribution in [0.4, 0.5) is 11.5 Å². The quantitative estimate of drug-likeness (QED) is 0.402. The van der Waals surface area contributed by atoms with Gasteiger partial charge in [0.25, 0.3) is 5.56 Å². The fraction of sp³-hybridized carbons (Fsp3) is 0.700. The van der Waals surface area contributed by atoms with Crippen LogP contribution in [-0.2, 0) is 20.9 Å². The topological polar surface area (TPSA) is 157 Å². The lowest BCUT2D eigenvalue weighted by Gasteiger charge is -2.32. The molecule has 2 amide bonds. The first-order chi connectivity index (χ1) is 14.8. The van der Waals surface area contributed by atoms with Crippen LogP contribution in [0.3, 0.4) is 0 Å². The average Bonchev–Trinajstić information content (AvgIpc) is 3.22. The summed E-state index contributed by atoms with van der Waals surface area (Å²) in [5, 5.41) is 0. The predicted octanol–water partition coefficient (Wildman–Crippen LogP) is -0.372. The van der Waals surface area contributed by atoms with Gasteiger partial charge >= 0.3 is 5.69 Å². The molecule has 0 saturated heterocycles. The maximum absolute atomic E-state index is 13.4. The van der Waals surface area contributed by atoms with E-state index in [0.717, 1.165) is 32.1 Å². The molecular weight excluding hydrogens is 404 g/mol. The molecule has 0 spiro atoms. The van der Waals surface area contributed by atoms with E-state index in [9.17, 15) is 19.2 Å². The maximum Gasteiger partial charge on any atom is 0.330 e. The second-order valence-electron chi connectivity index (χ2n) is 7.87. The minimum absolute atomic E-state index is 0.00151. The molecule has 5 N–H and O–H groups in total. The minimum atomic E-state index is -0.686. The molecule has 0 aromatic carbocycles. The normalized spacial score (nSPS) is 14.3. The van der Waals surface area contributed by atoms with Gasteiger partial charge in [-0.2, -0.15) is 0 Å². The van der Waals surface area contributed by atoms with Crippen LogP contribution >= 0.6 is 0 Å². The highest BCUT2D eigenvalue weighted by Gasteiger charge is 2.33. The number of ether oxygens (including phenoxy) is 1. The van der Waals surface area contributed by atoms with Gasteiger partial charge in [0, 0.05) is 26.2 Å². The van der Waals surface area contributed by atoms with Crippen LogP contribution in [0.5, 0.6) is 0 Å². The third-order valence-corrected chi connectivity index (χ3v) is 5.50. The summed E-state index contributed by atoms with van der Waals surface area (Å²) < 4.78 is 6.36. The highest BCUT2D eigenvalue weighted by atomic mass is 16.5. The molecule has 1 heterocycles. The van der Waals surface area contributed by atoms with Gasteiger partial charge in [-0.3, -0.25) is 28.8 Å². The number of nitrogens with one attached hydrogen (secondary N) is 1. The molecule has 11 heteroatoms. The lowest BCUT2D eigenvalue weighted by atomic mass is 10.1. The van der Waals surface area contributed by atoms with E-state index in [0.29, 0.717) is 26.1 Å². The summed E-state index contributed by atoms with van der Waals surface area (Å²) in [6.45, 7) is 2.72. The van der Waals surface area contributed by atoms with Gasteiger partial charge in [-0.15, -0.1) is 0 Å². The van der Waals surface area contributed by atoms with Gasteiger partial charge in [0.2, 0.25) is 11.8 Å².